The predicted octanol–water partition coefficient (Wildman–Crippen LogP) is 3.04. The van der Waals surface area contributed by atoms with Crippen LogP contribution in [0.15, 0.2) is 46.6 Å². The van der Waals surface area contributed by atoms with Crippen LogP contribution in [0.5, 0.6) is 0 Å². The van der Waals surface area contributed by atoms with E-state index in [1.807, 2.05) is 0 Å². The Hall–Kier alpha value is -0.940. The van der Waals surface area contributed by atoms with E-state index < -0.39 is 15.6 Å². The number of aliphatic hydroxyl groups excluding tert-OH is 4. The largest absolute Gasteiger partial charge is 0.484 e. The summed E-state index contributed by atoms with van der Waals surface area (Å²) in [5.74, 6) is 0. The minimum atomic E-state index is -4.54. The van der Waals surface area contributed by atoms with E-state index in [2.05, 4.69) is 0 Å². The molecule has 4 N–H and O–H groups in total. The van der Waals surface area contributed by atoms with Gasteiger partial charge >= 0.3 is 15.6 Å². The van der Waals surface area contributed by atoms with Crippen molar-refractivity contribution >= 4 is 15.6 Å². The van der Waals surface area contributed by atoms with Gasteiger partial charge in [0.2, 0.25) is 0 Å². The molecule has 0 aliphatic heterocycles. The minimum absolute atomic E-state index is 0.267. The molecule has 11 nitrogen and oxygen atoms in total. The molecule has 192 valence electrons. The first-order chi connectivity index (χ1) is 15.5. The van der Waals surface area contributed by atoms with Gasteiger partial charge in [0.25, 0.3) is 0 Å². The lowest BCUT2D eigenvalue weighted by atomic mass is 10.3. The highest BCUT2D eigenvalue weighted by Crippen LogP contribution is 2.66. The minimum Gasteiger partial charge on any atom is -0.392 e. The highest BCUT2D eigenvalue weighted by atomic mass is 31.3. The number of phosphoric ester groups is 2. The number of hydrogen-bond acceptors (Lipinski definition) is 11. The molecule has 33 heavy (non-hydrogen) atoms. The summed E-state index contributed by atoms with van der Waals surface area (Å²) in [6.45, 7) is 4.28. The van der Waals surface area contributed by atoms with Crippen LogP contribution in [0, 0.1) is 0 Å². The highest BCUT2D eigenvalue weighted by molar-refractivity contribution is 7.62. The average Bonchev–Trinajstić information content (AvgIpc) is 2.75. The molecule has 0 fully saturated rings. The van der Waals surface area contributed by atoms with Gasteiger partial charge in [0, 0.05) is 0 Å². The van der Waals surface area contributed by atoms with Crippen molar-refractivity contribution < 1.29 is 52.0 Å². The lowest BCUT2D eigenvalue weighted by Crippen LogP contribution is -2.08. The van der Waals surface area contributed by atoms with Gasteiger partial charge in [-0.2, -0.15) is 4.31 Å². The summed E-state index contributed by atoms with van der Waals surface area (Å²) in [7, 11) is -9.08. The van der Waals surface area contributed by atoms with E-state index in [0.717, 1.165) is 0 Å². The third-order valence-corrected chi connectivity index (χ3v) is 7.14. The van der Waals surface area contributed by atoms with Crippen LogP contribution in [0.25, 0.3) is 0 Å². The maximum absolute atomic E-state index is 13.3. The molecule has 13 heteroatoms. The van der Waals surface area contributed by atoms with Gasteiger partial charge in [0.15, 0.2) is 0 Å². The van der Waals surface area contributed by atoms with Crippen molar-refractivity contribution in [3.05, 3.63) is 46.6 Å². The van der Waals surface area contributed by atoms with Crippen LogP contribution in [0.3, 0.4) is 0 Å². The van der Waals surface area contributed by atoms with E-state index in [-0.39, 0.29) is 52.9 Å². The van der Waals surface area contributed by atoms with Crippen molar-refractivity contribution in [2.45, 2.75) is 27.7 Å². The predicted molar refractivity (Wildman–Crippen MR) is 123 cm³/mol. The molecule has 0 spiro atoms. The molecular weight excluding hydrogens is 478 g/mol. The Labute approximate surface area is 195 Å². The SMILES string of the molecule is C/C(=C/CO)COP(=O)(OC/C(C)=C\CO)OP(=O)(OC/C(C)=C\CO)OC/C(C)=C\CO. The molecule has 0 aromatic rings. The Balaban J connectivity index is 5.81. The maximum Gasteiger partial charge on any atom is 0.484 e. The standard InChI is InChI=1S/C20H36O11P2/c1-17(5-9-21)13-27-32(25,28-14-18(2)6-10-22)31-33(26,29-15-19(3)7-11-23)30-16-20(4)8-12-24/h5-8,21-24H,9-16H2,1-4H3/b17-5-,18-6-,19-7-,20-8-. The van der Waals surface area contributed by atoms with E-state index in [1.165, 1.54) is 24.3 Å². The van der Waals surface area contributed by atoms with Crippen molar-refractivity contribution in [3.63, 3.8) is 0 Å². The summed E-state index contributed by atoms with van der Waals surface area (Å²) in [6.07, 6.45) is 5.67. The number of aliphatic hydroxyl groups is 4. The van der Waals surface area contributed by atoms with Crippen LogP contribution >= 0.6 is 15.6 Å². The smallest absolute Gasteiger partial charge is 0.392 e. The van der Waals surface area contributed by atoms with Gasteiger partial charge in [-0.15, -0.1) is 0 Å². The van der Waals surface area contributed by atoms with E-state index in [9.17, 15) is 9.13 Å². The molecule has 0 atom stereocenters. The van der Waals surface area contributed by atoms with Crippen LogP contribution in [0.2, 0.25) is 0 Å². The van der Waals surface area contributed by atoms with E-state index >= 15 is 0 Å². The fourth-order valence-corrected chi connectivity index (χ4v) is 5.20. The van der Waals surface area contributed by atoms with E-state index in [0.29, 0.717) is 22.3 Å². The van der Waals surface area contributed by atoms with E-state index in [1.54, 1.807) is 27.7 Å². The van der Waals surface area contributed by atoms with Crippen LogP contribution in [-0.4, -0.2) is 73.3 Å². The summed E-state index contributed by atoms with van der Waals surface area (Å²) in [5, 5.41) is 36.0. The number of phosphoric acid groups is 2. The molecule has 0 unspecified atom stereocenters. The van der Waals surface area contributed by atoms with Gasteiger partial charge < -0.3 is 20.4 Å². The zero-order chi connectivity index (χ0) is 25.3. The maximum atomic E-state index is 13.3. The Kier molecular flexibility index (Phi) is 17.0. The van der Waals surface area contributed by atoms with Crippen molar-refractivity contribution in [2.75, 3.05) is 52.9 Å². The number of hydrogen-bond donors (Lipinski definition) is 4. The molecule has 0 radical (unpaired) electrons. The van der Waals surface area contributed by atoms with Gasteiger partial charge in [0.1, 0.15) is 0 Å². The molecule has 0 saturated heterocycles. The first kappa shape index (κ1) is 32.1. The summed E-state index contributed by atoms with van der Waals surface area (Å²) >= 11 is 0. The van der Waals surface area contributed by atoms with Crippen molar-refractivity contribution in [2.24, 2.45) is 0 Å². The molecule has 0 rings (SSSR count). The lowest BCUT2D eigenvalue weighted by Gasteiger charge is -2.24. The van der Waals surface area contributed by atoms with E-state index in [4.69, 9.17) is 42.8 Å². The highest BCUT2D eigenvalue weighted by Gasteiger charge is 2.41. The van der Waals surface area contributed by atoms with Crippen molar-refractivity contribution in [1.82, 2.24) is 0 Å². The zero-order valence-corrected chi connectivity index (χ0v) is 21.3. The van der Waals surface area contributed by atoms with Crippen molar-refractivity contribution in [3.8, 4) is 0 Å². The second kappa shape index (κ2) is 17.5. The number of rotatable bonds is 18. The van der Waals surface area contributed by atoms with Gasteiger partial charge in [0.05, 0.1) is 52.9 Å². The Bertz CT molecular complexity index is 667. The van der Waals surface area contributed by atoms with Gasteiger partial charge in [-0.25, -0.2) is 9.13 Å². The normalized spacial score (nSPS) is 16.2. The fraction of sp³-hybridized carbons (Fsp3) is 0.600. The summed E-state index contributed by atoms with van der Waals surface area (Å²) in [5.41, 5.74) is 2.03. The van der Waals surface area contributed by atoms with Crippen LogP contribution < -0.4 is 0 Å². The summed E-state index contributed by atoms with van der Waals surface area (Å²) < 4.78 is 52.9. The molecule has 0 aromatic heterocycles. The Morgan fingerprint density at radius 1 is 0.545 bits per heavy atom. The monoisotopic (exact) mass is 514 g/mol. The summed E-state index contributed by atoms with van der Waals surface area (Å²) in [4.78, 5) is 0. The molecule has 0 amide bonds. The average molecular weight is 514 g/mol. The second-order valence-electron chi connectivity index (χ2n) is 7.00. The zero-order valence-electron chi connectivity index (χ0n) is 19.5. The first-order valence-corrected chi connectivity index (χ1v) is 13.0. The Morgan fingerprint density at radius 3 is 0.939 bits per heavy atom. The molecule has 0 bridgehead atoms. The third-order valence-electron chi connectivity index (χ3n) is 3.76. The fourth-order valence-electron chi connectivity index (χ4n) is 1.87. The lowest BCUT2D eigenvalue weighted by molar-refractivity contribution is 0.125. The topological polar surface area (TPSA) is 161 Å². The second-order valence-corrected chi connectivity index (χ2v) is 10.5. The molecule has 0 aliphatic carbocycles. The van der Waals surface area contributed by atoms with Gasteiger partial charge in [-0.3, -0.25) is 18.1 Å². The molecule has 0 saturated carbocycles. The van der Waals surface area contributed by atoms with Gasteiger partial charge in [-0.05, 0) is 50.0 Å². The third kappa shape index (κ3) is 15.6. The molecule has 0 aromatic carbocycles. The first-order valence-electron chi connectivity index (χ1n) is 10.1. The van der Waals surface area contributed by atoms with Crippen LogP contribution in [0.4, 0.5) is 0 Å². The molecule has 0 aliphatic rings. The molecular formula is C20H36O11P2. The van der Waals surface area contributed by atoms with Crippen LogP contribution in [0.1, 0.15) is 27.7 Å². The van der Waals surface area contributed by atoms with Gasteiger partial charge in [-0.1, -0.05) is 24.3 Å². The van der Waals surface area contributed by atoms with Crippen LogP contribution in [-0.2, 0) is 31.5 Å². The van der Waals surface area contributed by atoms with Crippen molar-refractivity contribution in [1.29, 1.82) is 0 Å². The summed E-state index contributed by atoms with van der Waals surface area (Å²) in [6, 6.07) is 0. The quantitative estimate of drug-likeness (QED) is 0.157. The molecule has 0 heterocycles. The Morgan fingerprint density at radius 2 is 0.758 bits per heavy atom.